The maximum absolute atomic E-state index is 12.1. The summed E-state index contributed by atoms with van der Waals surface area (Å²) in [6, 6.07) is 5.24. The van der Waals surface area contributed by atoms with Crippen LogP contribution in [0.3, 0.4) is 0 Å². The average Bonchev–Trinajstić information content (AvgIpc) is 3.13. The lowest BCUT2D eigenvalue weighted by Crippen LogP contribution is -2.34. The molecule has 1 amide bonds. The molecule has 1 aliphatic rings. The first-order valence-corrected chi connectivity index (χ1v) is 6.27. The van der Waals surface area contributed by atoms with Crippen molar-refractivity contribution in [2.24, 2.45) is 5.73 Å². The zero-order chi connectivity index (χ0) is 13.9. The van der Waals surface area contributed by atoms with Crippen LogP contribution in [-0.4, -0.2) is 25.1 Å². The van der Waals surface area contributed by atoms with Crippen molar-refractivity contribution in [3.8, 4) is 17.6 Å². The van der Waals surface area contributed by atoms with E-state index in [1.165, 1.54) is 0 Å². The number of methoxy groups -OCH3 is 1. The lowest BCUT2D eigenvalue weighted by molar-refractivity contribution is 0.0935. The first kappa shape index (κ1) is 13.4. The molecule has 0 heterocycles. The Morgan fingerprint density at radius 1 is 1.53 bits per heavy atom. The Kier molecular flexibility index (Phi) is 3.77. The van der Waals surface area contributed by atoms with Gasteiger partial charge in [-0.25, -0.2) is 0 Å². The topological polar surface area (TPSA) is 64.3 Å². The van der Waals surface area contributed by atoms with Crippen LogP contribution in [0.5, 0.6) is 5.75 Å². The van der Waals surface area contributed by atoms with Gasteiger partial charge in [0.25, 0.3) is 5.91 Å². The largest absolute Gasteiger partial charge is 0.495 e. The van der Waals surface area contributed by atoms with E-state index in [2.05, 4.69) is 17.2 Å². The number of nitrogens with two attached hydrogens (primary N) is 1. The first-order chi connectivity index (χ1) is 9.08. The second-order valence-corrected chi connectivity index (χ2v) is 4.94. The lowest BCUT2D eigenvalue weighted by atomic mass is 10.1. The second-order valence-electron chi connectivity index (χ2n) is 4.94. The van der Waals surface area contributed by atoms with E-state index >= 15 is 0 Å². The Hall–Kier alpha value is -1.99. The molecule has 0 bridgehead atoms. The van der Waals surface area contributed by atoms with Crippen LogP contribution >= 0.6 is 0 Å². The Balaban J connectivity index is 2.23. The summed E-state index contributed by atoms with van der Waals surface area (Å²) in [4.78, 5) is 12.1. The van der Waals surface area contributed by atoms with E-state index in [1.807, 2.05) is 6.92 Å². The number of hydrogen-bond acceptors (Lipinski definition) is 3. The number of carbonyl (C=O) groups excluding carboxylic acids is 1. The highest BCUT2D eigenvalue weighted by atomic mass is 16.5. The molecule has 1 aromatic rings. The van der Waals surface area contributed by atoms with Crippen LogP contribution in [0.25, 0.3) is 0 Å². The predicted octanol–water partition coefficient (Wildman–Crippen LogP) is 1.29. The minimum absolute atomic E-state index is 0.0277. The van der Waals surface area contributed by atoms with Gasteiger partial charge in [-0.3, -0.25) is 4.79 Å². The number of rotatable bonds is 3. The van der Waals surface area contributed by atoms with Crippen LogP contribution in [0.4, 0.5) is 0 Å². The van der Waals surface area contributed by atoms with E-state index in [0.717, 1.165) is 12.8 Å². The molecule has 0 aromatic heterocycles. The predicted molar refractivity (Wildman–Crippen MR) is 74.0 cm³/mol. The summed E-state index contributed by atoms with van der Waals surface area (Å²) in [6.45, 7) is 2.32. The molecule has 1 fully saturated rings. The van der Waals surface area contributed by atoms with Crippen molar-refractivity contribution in [1.82, 2.24) is 5.32 Å². The van der Waals surface area contributed by atoms with Crippen LogP contribution in [0.2, 0.25) is 0 Å². The molecule has 4 nitrogen and oxygen atoms in total. The number of ether oxygens (including phenoxy) is 1. The van der Waals surface area contributed by atoms with Crippen molar-refractivity contribution in [2.45, 2.75) is 25.3 Å². The zero-order valence-electron chi connectivity index (χ0n) is 11.2. The Morgan fingerprint density at radius 3 is 2.84 bits per heavy atom. The molecule has 1 aliphatic carbocycles. The smallest absolute Gasteiger partial charge is 0.251 e. The van der Waals surface area contributed by atoms with Crippen LogP contribution in [0.1, 0.15) is 35.7 Å². The Labute approximate surface area is 113 Å². The van der Waals surface area contributed by atoms with Gasteiger partial charge < -0.3 is 15.8 Å². The molecule has 0 unspecified atom stereocenters. The fourth-order valence-corrected chi connectivity index (χ4v) is 1.75. The summed E-state index contributed by atoms with van der Waals surface area (Å²) in [6.07, 6.45) is 2.07. The zero-order valence-corrected chi connectivity index (χ0v) is 11.2. The molecule has 0 saturated heterocycles. The first-order valence-electron chi connectivity index (χ1n) is 6.27. The van der Waals surface area contributed by atoms with Crippen molar-refractivity contribution >= 4 is 5.91 Å². The summed E-state index contributed by atoms with van der Waals surface area (Å²) in [7, 11) is 1.58. The van der Waals surface area contributed by atoms with E-state index < -0.39 is 0 Å². The third-order valence-corrected chi connectivity index (χ3v) is 3.20. The van der Waals surface area contributed by atoms with Gasteiger partial charge in [-0.05, 0) is 38.0 Å². The molecule has 0 aliphatic heterocycles. The van der Waals surface area contributed by atoms with Crippen molar-refractivity contribution in [2.75, 3.05) is 13.7 Å². The standard InChI is InChI=1S/C15H18N2O2/c1-15(7-8-15)17-14(18)12-5-6-13(19-2)11(10-12)4-3-9-16/h5-6,10H,7-9,16H2,1-2H3,(H,17,18). The van der Waals surface area contributed by atoms with Gasteiger partial charge in [0.2, 0.25) is 0 Å². The monoisotopic (exact) mass is 258 g/mol. The van der Waals surface area contributed by atoms with Crippen LogP contribution in [0.15, 0.2) is 18.2 Å². The van der Waals surface area contributed by atoms with E-state index in [1.54, 1.807) is 25.3 Å². The third kappa shape index (κ3) is 3.27. The van der Waals surface area contributed by atoms with Gasteiger partial charge in [-0.15, -0.1) is 0 Å². The minimum atomic E-state index is -0.0709. The number of carbonyl (C=O) groups is 1. The summed E-state index contributed by atoms with van der Waals surface area (Å²) in [5.74, 6) is 6.27. The van der Waals surface area contributed by atoms with Crippen molar-refractivity contribution in [1.29, 1.82) is 0 Å². The van der Waals surface area contributed by atoms with Gasteiger partial charge in [-0.1, -0.05) is 11.8 Å². The third-order valence-electron chi connectivity index (χ3n) is 3.20. The highest BCUT2D eigenvalue weighted by Gasteiger charge is 2.38. The highest BCUT2D eigenvalue weighted by Crippen LogP contribution is 2.34. The quantitative estimate of drug-likeness (QED) is 0.803. The maximum Gasteiger partial charge on any atom is 0.251 e. The van der Waals surface area contributed by atoms with E-state index in [0.29, 0.717) is 16.9 Å². The van der Waals surface area contributed by atoms with Crippen LogP contribution in [-0.2, 0) is 0 Å². The van der Waals surface area contributed by atoms with Gasteiger partial charge in [0, 0.05) is 11.1 Å². The molecule has 2 rings (SSSR count). The summed E-state index contributed by atoms with van der Waals surface area (Å²) in [5, 5.41) is 3.01. The number of benzene rings is 1. The number of nitrogens with one attached hydrogen (secondary N) is 1. The Bertz CT molecular complexity index is 551. The molecule has 0 spiro atoms. The number of amides is 1. The van der Waals surface area contributed by atoms with E-state index in [4.69, 9.17) is 10.5 Å². The van der Waals surface area contributed by atoms with Gasteiger partial charge >= 0.3 is 0 Å². The molecular weight excluding hydrogens is 240 g/mol. The number of hydrogen-bond donors (Lipinski definition) is 2. The second kappa shape index (κ2) is 5.33. The van der Waals surface area contributed by atoms with Crippen molar-refractivity contribution in [3.05, 3.63) is 29.3 Å². The molecule has 1 saturated carbocycles. The molecule has 0 radical (unpaired) electrons. The van der Waals surface area contributed by atoms with Gasteiger partial charge in [0.15, 0.2) is 0 Å². The molecule has 3 N–H and O–H groups in total. The van der Waals surface area contributed by atoms with Crippen LogP contribution < -0.4 is 15.8 Å². The SMILES string of the molecule is COc1ccc(C(=O)NC2(C)CC2)cc1C#CCN. The molecule has 100 valence electrons. The summed E-state index contributed by atoms with van der Waals surface area (Å²) >= 11 is 0. The summed E-state index contributed by atoms with van der Waals surface area (Å²) < 4.78 is 5.22. The Morgan fingerprint density at radius 2 is 2.26 bits per heavy atom. The van der Waals surface area contributed by atoms with Gasteiger partial charge in [-0.2, -0.15) is 0 Å². The van der Waals surface area contributed by atoms with Crippen molar-refractivity contribution in [3.63, 3.8) is 0 Å². The maximum atomic E-state index is 12.1. The summed E-state index contributed by atoms with van der Waals surface area (Å²) in [5.41, 5.74) is 6.61. The normalized spacial score (nSPS) is 15.1. The molecule has 1 aromatic carbocycles. The molecular formula is C15H18N2O2. The van der Waals surface area contributed by atoms with Crippen molar-refractivity contribution < 1.29 is 9.53 Å². The molecule has 4 heteroatoms. The fourth-order valence-electron chi connectivity index (χ4n) is 1.75. The van der Waals surface area contributed by atoms with Crippen LogP contribution in [0, 0.1) is 11.8 Å². The average molecular weight is 258 g/mol. The molecule has 0 atom stereocenters. The van der Waals surface area contributed by atoms with E-state index in [-0.39, 0.29) is 18.0 Å². The van der Waals surface area contributed by atoms with Gasteiger partial charge in [0.05, 0.1) is 19.2 Å². The van der Waals surface area contributed by atoms with E-state index in [9.17, 15) is 4.79 Å². The van der Waals surface area contributed by atoms with Gasteiger partial charge in [0.1, 0.15) is 5.75 Å². The highest BCUT2D eigenvalue weighted by molar-refractivity contribution is 5.95. The lowest BCUT2D eigenvalue weighted by Gasteiger charge is -2.12. The fraction of sp³-hybridized carbons (Fsp3) is 0.400. The minimum Gasteiger partial charge on any atom is -0.495 e. The molecule has 19 heavy (non-hydrogen) atoms.